The number of carbonyl (C=O) groups is 1. The van der Waals surface area contributed by atoms with E-state index in [1.165, 1.54) is 17.5 Å². The van der Waals surface area contributed by atoms with Crippen molar-refractivity contribution in [1.82, 2.24) is 10.1 Å². The fraction of sp³-hybridized carbons (Fsp3) is 0.438. The molecule has 0 fully saturated rings. The van der Waals surface area contributed by atoms with Gasteiger partial charge in [-0.1, -0.05) is 5.16 Å². The highest BCUT2D eigenvalue weighted by Gasteiger charge is 2.15. The van der Waals surface area contributed by atoms with Crippen LogP contribution in [0.25, 0.3) is 0 Å². The monoisotopic (exact) mass is 301 g/mol. The van der Waals surface area contributed by atoms with Crippen molar-refractivity contribution in [2.24, 2.45) is 0 Å². The van der Waals surface area contributed by atoms with Gasteiger partial charge in [0, 0.05) is 12.3 Å². The van der Waals surface area contributed by atoms with Gasteiger partial charge in [-0.25, -0.2) is 0 Å². The van der Waals surface area contributed by atoms with E-state index in [9.17, 15) is 4.79 Å². The quantitative estimate of drug-likeness (QED) is 0.917. The molecular weight excluding hydrogens is 282 g/mol. The zero-order valence-corrected chi connectivity index (χ0v) is 12.6. The van der Waals surface area contributed by atoms with Crippen molar-refractivity contribution in [3.8, 4) is 0 Å². The molecular formula is C16H19N3O3. The lowest BCUT2D eigenvalue weighted by atomic mass is 9.92. The van der Waals surface area contributed by atoms with Crippen LogP contribution in [0.1, 0.15) is 35.4 Å². The topological polar surface area (TPSA) is 77.2 Å². The Bertz CT molecular complexity index is 666. The lowest BCUT2D eigenvalue weighted by Crippen LogP contribution is -2.20. The second-order valence-electron chi connectivity index (χ2n) is 5.50. The highest BCUT2D eigenvalue weighted by molar-refractivity contribution is 5.92. The number of hydrogen-bond donors (Lipinski definition) is 1. The molecule has 6 nitrogen and oxygen atoms in total. The summed E-state index contributed by atoms with van der Waals surface area (Å²) in [6.45, 7) is 2.06. The Morgan fingerprint density at radius 3 is 3.05 bits per heavy atom. The third-order valence-corrected chi connectivity index (χ3v) is 3.70. The largest absolute Gasteiger partial charge is 0.365 e. The maximum atomic E-state index is 12.0. The minimum atomic E-state index is -0.180. The first-order chi connectivity index (χ1) is 10.7. The number of nitrogens with one attached hydrogen (secondary N) is 1. The molecule has 0 aliphatic heterocycles. The fourth-order valence-electron chi connectivity index (χ4n) is 2.69. The molecule has 1 aliphatic carbocycles. The zero-order chi connectivity index (χ0) is 15.4. The number of hydrogen-bond acceptors (Lipinski definition) is 5. The number of rotatable bonds is 5. The van der Waals surface area contributed by atoms with E-state index >= 15 is 0 Å². The lowest BCUT2D eigenvalue weighted by molar-refractivity contribution is -0.121. The van der Waals surface area contributed by atoms with E-state index in [2.05, 4.69) is 15.5 Å². The second kappa shape index (κ2) is 6.70. The van der Waals surface area contributed by atoms with E-state index in [4.69, 9.17) is 9.26 Å². The van der Waals surface area contributed by atoms with Crippen LogP contribution in [0.3, 0.4) is 0 Å². The molecule has 2 aromatic rings. The molecule has 3 rings (SSSR count). The molecule has 0 unspecified atom stereocenters. The summed E-state index contributed by atoms with van der Waals surface area (Å²) in [7, 11) is 0. The van der Waals surface area contributed by atoms with Gasteiger partial charge < -0.3 is 14.6 Å². The van der Waals surface area contributed by atoms with E-state index in [1.54, 1.807) is 12.3 Å². The lowest BCUT2D eigenvalue weighted by Gasteiger charge is -2.18. The summed E-state index contributed by atoms with van der Waals surface area (Å²) in [5, 5.41) is 6.70. The average Bonchev–Trinajstić information content (AvgIpc) is 2.93. The first-order valence-corrected chi connectivity index (χ1v) is 7.48. The smallest absolute Gasteiger partial charge is 0.250 e. The maximum Gasteiger partial charge on any atom is 0.250 e. The van der Waals surface area contributed by atoms with Crippen molar-refractivity contribution >= 4 is 11.6 Å². The predicted molar refractivity (Wildman–Crippen MR) is 80.4 cm³/mol. The van der Waals surface area contributed by atoms with Crippen LogP contribution in [0.15, 0.2) is 23.0 Å². The van der Waals surface area contributed by atoms with Crippen LogP contribution in [0, 0.1) is 6.92 Å². The maximum absolute atomic E-state index is 12.0. The van der Waals surface area contributed by atoms with Crippen LogP contribution in [0.5, 0.6) is 0 Å². The molecule has 0 aromatic carbocycles. The van der Waals surface area contributed by atoms with Gasteiger partial charge in [-0.2, -0.15) is 0 Å². The van der Waals surface area contributed by atoms with Crippen LogP contribution < -0.4 is 5.32 Å². The minimum absolute atomic E-state index is 0.0183. The van der Waals surface area contributed by atoms with E-state index in [1.807, 2.05) is 13.1 Å². The predicted octanol–water partition coefficient (Wildman–Crippen LogP) is 2.41. The van der Waals surface area contributed by atoms with Gasteiger partial charge in [0.25, 0.3) is 0 Å². The van der Waals surface area contributed by atoms with Crippen LogP contribution in [0.2, 0.25) is 0 Å². The van der Waals surface area contributed by atoms with Gasteiger partial charge in [0.15, 0.2) is 0 Å². The molecule has 2 aromatic heterocycles. The number of pyridine rings is 1. The number of anilines is 1. The highest BCUT2D eigenvalue weighted by atomic mass is 16.5. The summed E-state index contributed by atoms with van der Waals surface area (Å²) in [5.74, 6) is 0.547. The van der Waals surface area contributed by atoms with Gasteiger partial charge in [0.1, 0.15) is 18.1 Å². The molecule has 22 heavy (non-hydrogen) atoms. The number of amides is 1. The van der Waals surface area contributed by atoms with Gasteiger partial charge in [-0.3, -0.25) is 9.78 Å². The standard InChI is InChI=1S/C16H19N3O3/c1-11-6-13(19-22-11)9-21-10-16(20)18-15-8-17-7-12-4-2-3-5-14(12)15/h6-8H,2-5,9-10H2,1H3,(H,18,20). The minimum Gasteiger partial charge on any atom is -0.365 e. The number of aromatic nitrogens is 2. The molecule has 1 aliphatic rings. The normalized spacial score (nSPS) is 13.7. The number of fused-ring (bicyclic) bond motifs is 1. The van der Waals surface area contributed by atoms with E-state index in [-0.39, 0.29) is 19.1 Å². The molecule has 2 heterocycles. The van der Waals surface area contributed by atoms with Gasteiger partial charge in [0.2, 0.25) is 5.91 Å². The van der Waals surface area contributed by atoms with E-state index in [0.717, 1.165) is 30.7 Å². The zero-order valence-electron chi connectivity index (χ0n) is 12.6. The number of aryl methyl sites for hydroxylation is 2. The Labute approximate surface area is 128 Å². The Morgan fingerprint density at radius 2 is 2.23 bits per heavy atom. The van der Waals surface area contributed by atoms with Gasteiger partial charge >= 0.3 is 0 Å². The Morgan fingerprint density at radius 1 is 1.36 bits per heavy atom. The van der Waals surface area contributed by atoms with Crippen LogP contribution in [0.4, 0.5) is 5.69 Å². The average molecular weight is 301 g/mol. The van der Waals surface area contributed by atoms with Gasteiger partial charge in [-0.15, -0.1) is 0 Å². The molecule has 0 saturated carbocycles. The Kier molecular flexibility index (Phi) is 4.48. The third-order valence-electron chi connectivity index (χ3n) is 3.70. The summed E-state index contributed by atoms with van der Waals surface area (Å²) < 4.78 is 10.3. The summed E-state index contributed by atoms with van der Waals surface area (Å²) in [5.41, 5.74) is 3.94. The number of nitrogens with zero attached hydrogens (tertiary/aromatic N) is 2. The Hall–Kier alpha value is -2.21. The van der Waals surface area contributed by atoms with Crippen LogP contribution >= 0.6 is 0 Å². The molecule has 1 N–H and O–H groups in total. The van der Waals surface area contributed by atoms with E-state index < -0.39 is 0 Å². The SMILES string of the molecule is Cc1cc(COCC(=O)Nc2cncc3c2CCCC3)no1. The third kappa shape index (κ3) is 3.51. The van der Waals surface area contributed by atoms with Crippen molar-refractivity contribution in [2.45, 2.75) is 39.2 Å². The highest BCUT2D eigenvalue weighted by Crippen LogP contribution is 2.26. The molecule has 116 valence electrons. The summed E-state index contributed by atoms with van der Waals surface area (Å²) in [6.07, 6.45) is 7.98. The first-order valence-electron chi connectivity index (χ1n) is 7.48. The molecule has 6 heteroatoms. The fourth-order valence-corrected chi connectivity index (χ4v) is 2.69. The molecule has 0 bridgehead atoms. The molecule has 0 atom stereocenters. The summed E-state index contributed by atoms with van der Waals surface area (Å²) >= 11 is 0. The van der Waals surface area contributed by atoms with Gasteiger partial charge in [-0.05, 0) is 43.7 Å². The van der Waals surface area contributed by atoms with Crippen molar-refractivity contribution in [1.29, 1.82) is 0 Å². The second-order valence-corrected chi connectivity index (χ2v) is 5.50. The molecule has 1 amide bonds. The van der Waals surface area contributed by atoms with Crippen LogP contribution in [-0.2, 0) is 29.0 Å². The van der Waals surface area contributed by atoms with Crippen molar-refractivity contribution in [3.05, 3.63) is 41.0 Å². The molecule has 0 spiro atoms. The molecule has 0 saturated heterocycles. The summed E-state index contributed by atoms with van der Waals surface area (Å²) in [4.78, 5) is 16.2. The van der Waals surface area contributed by atoms with Gasteiger partial charge in [0.05, 0.1) is 18.5 Å². The van der Waals surface area contributed by atoms with Crippen LogP contribution in [-0.4, -0.2) is 22.7 Å². The Balaban J connectivity index is 1.53. The number of carbonyl (C=O) groups excluding carboxylic acids is 1. The molecule has 0 radical (unpaired) electrons. The van der Waals surface area contributed by atoms with Crippen molar-refractivity contribution in [3.63, 3.8) is 0 Å². The van der Waals surface area contributed by atoms with E-state index in [0.29, 0.717) is 5.69 Å². The number of ether oxygens (including phenoxy) is 1. The first kappa shape index (κ1) is 14.7. The summed E-state index contributed by atoms with van der Waals surface area (Å²) in [6, 6.07) is 1.79. The van der Waals surface area contributed by atoms with Crippen molar-refractivity contribution < 1.29 is 14.1 Å². The van der Waals surface area contributed by atoms with Crippen molar-refractivity contribution in [2.75, 3.05) is 11.9 Å².